The number of carbonyl (C=O) groups excluding carboxylic acids is 1. The lowest BCUT2D eigenvalue weighted by Crippen LogP contribution is -2.12. The molecular weight excluding hydrogens is 311 g/mol. The second kappa shape index (κ2) is 5.40. The maximum atomic E-state index is 13.4. The first kappa shape index (κ1) is 13.5. The molecular formula is C14H12BrFN2O. The van der Waals surface area contributed by atoms with Crippen molar-refractivity contribution in [2.24, 2.45) is 0 Å². The molecule has 2 aromatic carbocycles. The zero-order valence-electron chi connectivity index (χ0n) is 10.2. The van der Waals surface area contributed by atoms with Crippen molar-refractivity contribution in [3.05, 3.63) is 57.8 Å². The Morgan fingerprint density at radius 2 is 2.00 bits per heavy atom. The molecule has 0 unspecified atom stereocenters. The summed E-state index contributed by atoms with van der Waals surface area (Å²) in [6.45, 7) is 1.65. The van der Waals surface area contributed by atoms with E-state index in [0.717, 1.165) is 0 Å². The Balaban J connectivity index is 2.20. The molecule has 3 N–H and O–H groups in total. The average molecular weight is 323 g/mol. The quantitative estimate of drug-likeness (QED) is 0.828. The Bertz CT molecular complexity index is 643. The first-order valence-corrected chi connectivity index (χ1v) is 6.39. The number of halogens is 2. The predicted octanol–water partition coefficient (Wildman–Crippen LogP) is 3.73. The molecule has 3 nitrogen and oxygen atoms in total. The van der Waals surface area contributed by atoms with Crippen molar-refractivity contribution in [3.63, 3.8) is 0 Å². The van der Waals surface area contributed by atoms with Crippen LogP contribution in [0.3, 0.4) is 0 Å². The predicted molar refractivity (Wildman–Crippen MR) is 77.6 cm³/mol. The number of anilines is 2. The zero-order chi connectivity index (χ0) is 14.0. The smallest absolute Gasteiger partial charge is 0.255 e. The van der Waals surface area contributed by atoms with Gasteiger partial charge in [0.25, 0.3) is 5.91 Å². The number of aryl methyl sites for hydroxylation is 1. The zero-order valence-corrected chi connectivity index (χ0v) is 11.8. The largest absolute Gasteiger partial charge is 0.398 e. The Morgan fingerprint density at radius 3 is 2.63 bits per heavy atom. The van der Waals surface area contributed by atoms with Gasteiger partial charge in [0.1, 0.15) is 5.82 Å². The SMILES string of the molecule is Cc1ccc(C(=O)Nc2ccc(N)c(Br)c2)cc1F. The lowest BCUT2D eigenvalue weighted by Gasteiger charge is -2.07. The Morgan fingerprint density at radius 1 is 1.26 bits per heavy atom. The summed E-state index contributed by atoms with van der Waals surface area (Å²) in [5.74, 6) is -0.762. The molecule has 19 heavy (non-hydrogen) atoms. The van der Waals surface area contributed by atoms with Gasteiger partial charge >= 0.3 is 0 Å². The first-order valence-electron chi connectivity index (χ1n) is 5.60. The third-order valence-corrected chi connectivity index (χ3v) is 3.38. The van der Waals surface area contributed by atoms with E-state index in [0.29, 0.717) is 21.4 Å². The van der Waals surface area contributed by atoms with E-state index in [1.54, 1.807) is 37.3 Å². The maximum Gasteiger partial charge on any atom is 0.255 e. The van der Waals surface area contributed by atoms with Gasteiger partial charge in [-0.15, -0.1) is 0 Å². The fourth-order valence-corrected chi connectivity index (χ4v) is 1.92. The number of nitrogens with two attached hydrogens (primary N) is 1. The number of hydrogen-bond acceptors (Lipinski definition) is 2. The minimum Gasteiger partial charge on any atom is -0.398 e. The Labute approximate surface area is 118 Å². The lowest BCUT2D eigenvalue weighted by molar-refractivity contribution is 0.102. The second-order valence-corrected chi connectivity index (χ2v) is 5.01. The van der Waals surface area contributed by atoms with Crippen LogP contribution in [0.4, 0.5) is 15.8 Å². The molecule has 0 spiro atoms. The fraction of sp³-hybridized carbons (Fsp3) is 0.0714. The highest BCUT2D eigenvalue weighted by molar-refractivity contribution is 9.10. The summed E-state index contributed by atoms with van der Waals surface area (Å²) < 4.78 is 14.1. The maximum absolute atomic E-state index is 13.4. The summed E-state index contributed by atoms with van der Waals surface area (Å²) in [6, 6.07) is 9.43. The van der Waals surface area contributed by atoms with Crippen molar-refractivity contribution in [3.8, 4) is 0 Å². The van der Waals surface area contributed by atoms with Crippen molar-refractivity contribution in [2.45, 2.75) is 6.92 Å². The molecule has 0 fully saturated rings. The number of hydrogen-bond donors (Lipinski definition) is 2. The molecule has 0 atom stereocenters. The molecule has 0 aliphatic heterocycles. The van der Waals surface area contributed by atoms with E-state index in [4.69, 9.17) is 5.73 Å². The average Bonchev–Trinajstić information content (AvgIpc) is 2.37. The molecule has 0 heterocycles. The van der Waals surface area contributed by atoms with Crippen molar-refractivity contribution >= 4 is 33.2 Å². The molecule has 0 aliphatic carbocycles. The molecule has 2 aromatic rings. The molecule has 0 aromatic heterocycles. The van der Waals surface area contributed by atoms with E-state index in [-0.39, 0.29) is 11.5 Å². The van der Waals surface area contributed by atoms with Gasteiger partial charge in [-0.3, -0.25) is 4.79 Å². The van der Waals surface area contributed by atoms with Crippen LogP contribution in [-0.2, 0) is 0 Å². The lowest BCUT2D eigenvalue weighted by atomic mass is 10.1. The van der Waals surface area contributed by atoms with E-state index < -0.39 is 5.82 Å². The van der Waals surface area contributed by atoms with Gasteiger partial charge in [-0.1, -0.05) is 6.07 Å². The molecule has 0 radical (unpaired) electrons. The van der Waals surface area contributed by atoms with Crippen molar-refractivity contribution in [2.75, 3.05) is 11.1 Å². The van der Waals surface area contributed by atoms with E-state index >= 15 is 0 Å². The van der Waals surface area contributed by atoms with Gasteiger partial charge in [-0.25, -0.2) is 4.39 Å². The Kier molecular flexibility index (Phi) is 3.85. The van der Waals surface area contributed by atoms with Crippen LogP contribution in [0.2, 0.25) is 0 Å². The highest BCUT2D eigenvalue weighted by atomic mass is 79.9. The van der Waals surface area contributed by atoms with Crippen LogP contribution in [0, 0.1) is 12.7 Å². The van der Waals surface area contributed by atoms with Crippen LogP contribution < -0.4 is 11.1 Å². The van der Waals surface area contributed by atoms with Crippen LogP contribution in [0.25, 0.3) is 0 Å². The normalized spacial score (nSPS) is 10.3. The van der Waals surface area contributed by atoms with Crippen molar-refractivity contribution in [1.29, 1.82) is 0 Å². The number of carbonyl (C=O) groups is 1. The number of nitrogens with one attached hydrogen (secondary N) is 1. The number of amides is 1. The van der Waals surface area contributed by atoms with Gasteiger partial charge < -0.3 is 11.1 Å². The topological polar surface area (TPSA) is 55.1 Å². The minimum atomic E-state index is -0.397. The third kappa shape index (κ3) is 3.12. The second-order valence-electron chi connectivity index (χ2n) is 4.15. The summed E-state index contributed by atoms with van der Waals surface area (Å²) in [5, 5.41) is 2.68. The molecule has 0 saturated heterocycles. The molecule has 5 heteroatoms. The van der Waals surface area contributed by atoms with E-state index in [1.807, 2.05) is 0 Å². The van der Waals surface area contributed by atoms with Crippen LogP contribution >= 0.6 is 15.9 Å². The monoisotopic (exact) mass is 322 g/mol. The highest BCUT2D eigenvalue weighted by Gasteiger charge is 2.09. The van der Waals surface area contributed by atoms with Gasteiger partial charge in [0.15, 0.2) is 0 Å². The molecule has 2 rings (SSSR count). The van der Waals surface area contributed by atoms with Gasteiger partial charge in [0.05, 0.1) is 0 Å². The van der Waals surface area contributed by atoms with Gasteiger partial charge in [-0.2, -0.15) is 0 Å². The van der Waals surface area contributed by atoms with E-state index in [9.17, 15) is 9.18 Å². The van der Waals surface area contributed by atoms with Crippen molar-refractivity contribution in [1.82, 2.24) is 0 Å². The number of rotatable bonds is 2. The summed E-state index contributed by atoms with van der Waals surface area (Å²) >= 11 is 3.28. The summed E-state index contributed by atoms with van der Waals surface area (Å²) in [6.07, 6.45) is 0. The van der Waals surface area contributed by atoms with E-state index in [1.165, 1.54) is 6.07 Å². The standard InChI is InChI=1S/C14H12BrFN2O/c1-8-2-3-9(6-12(8)16)14(19)18-10-4-5-13(17)11(15)7-10/h2-7H,17H2,1H3,(H,18,19). The fourth-order valence-electron chi connectivity index (χ4n) is 1.54. The third-order valence-electron chi connectivity index (χ3n) is 2.69. The van der Waals surface area contributed by atoms with Crippen LogP contribution in [0.5, 0.6) is 0 Å². The van der Waals surface area contributed by atoms with Gasteiger partial charge in [0.2, 0.25) is 0 Å². The molecule has 0 aliphatic rings. The van der Waals surface area contributed by atoms with Crippen LogP contribution in [0.15, 0.2) is 40.9 Å². The molecule has 1 amide bonds. The van der Waals surface area contributed by atoms with Crippen LogP contribution in [0.1, 0.15) is 15.9 Å². The summed E-state index contributed by atoms with van der Waals surface area (Å²) in [7, 11) is 0. The number of benzene rings is 2. The molecule has 98 valence electrons. The summed E-state index contributed by atoms with van der Waals surface area (Å²) in [4.78, 5) is 11.9. The Hall–Kier alpha value is -1.88. The van der Waals surface area contributed by atoms with Crippen LogP contribution in [-0.4, -0.2) is 5.91 Å². The number of nitrogen functional groups attached to an aromatic ring is 1. The van der Waals surface area contributed by atoms with Gasteiger partial charge in [0, 0.05) is 21.4 Å². The molecule has 0 bridgehead atoms. The summed E-state index contributed by atoms with van der Waals surface area (Å²) in [5.41, 5.74) is 7.61. The van der Waals surface area contributed by atoms with E-state index in [2.05, 4.69) is 21.2 Å². The highest BCUT2D eigenvalue weighted by Crippen LogP contribution is 2.23. The first-order chi connectivity index (χ1) is 8.97. The molecule has 0 saturated carbocycles. The minimum absolute atomic E-state index is 0.274. The van der Waals surface area contributed by atoms with Crippen molar-refractivity contribution < 1.29 is 9.18 Å². The van der Waals surface area contributed by atoms with Gasteiger partial charge in [-0.05, 0) is 58.7 Å².